The van der Waals surface area contributed by atoms with Crippen LogP contribution in [0.25, 0.3) is 17.0 Å². The van der Waals surface area contributed by atoms with E-state index in [-0.39, 0.29) is 16.3 Å². The van der Waals surface area contributed by atoms with E-state index in [9.17, 15) is 13.2 Å². The highest BCUT2D eigenvalue weighted by atomic mass is 32.2. The van der Waals surface area contributed by atoms with Gasteiger partial charge < -0.3 is 9.94 Å². The first-order valence-corrected chi connectivity index (χ1v) is 10.2. The molecule has 0 aliphatic heterocycles. The van der Waals surface area contributed by atoms with Gasteiger partial charge in [0.25, 0.3) is 10.0 Å². The van der Waals surface area contributed by atoms with Crippen molar-refractivity contribution >= 4 is 15.7 Å². The highest BCUT2D eigenvalue weighted by Gasteiger charge is 2.20. The Morgan fingerprint density at radius 3 is 2.68 bits per heavy atom. The van der Waals surface area contributed by atoms with Gasteiger partial charge in [-0.3, -0.25) is 4.98 Å². The number of ether oxygens (including phenoxy) is 1. The van der Waals surface area contributed by atoms with E-state index in [0.29, 0.717) is 35.9 Å². The van der Waals surface area contributed by atoms with Crippen LogP contribution in [0.5, 0.6) is 5.75 Å². The molecule has 0 aliphatic rings. The van der Waals surface area contributed by atoms with Crippen molar-refractivity contribution in [2.75, 3.05) is 6.61 Å². The monoisotopic (exact) mass is 407 g/mol. The number of aryl methyl sites for hydroxylation is 2. The Kier molecular flexibility index (Phi) is 5.49. The number of fused-ring (bicyclic) bond motifs is 1. The summed E-state index contributed by atoms with van der Waals surface area (Å²) in [6.45, 7) is 5.83. The summed E-state index contributed by atoms with van der Waals surface area (Å²) in [6, 6.07) is 4.01. The van der Waals surface area contributed by atoms with Gasteiger partial charge in [0.2, 0.25) is 0 Å². The van der Waals surface area contributed by atoms with Gasteiger partial charge >= 0.3 is 5.69 Å². The average Bonchev–Trinajstić information content (AvgIpc) is 2.98. The minimum Gasteiger partial charge on any atom is -0.493 e. The maximum atomic E-state index is 12.6. The lowest BCUT2D eigenvalue weighted by atomic mass is 10.2. The molecule has 10 nitrogen and oxygen atoms in total. The number of nitrogens with one attached hydrogen (secondary N) is 2. The summed E-state index contributed by atoms with van der Waals surface area (Å²) in [4.78, 5) is 25.3. The molecule has 0 saturated carbocycles. The largest absolute Gasteiger partial charge is 0.493 e. The second-order valence-corrected chi connectivity index (χ2v) is 7.75. The molecule has 0 amide bonds. The van der Waals surface area contributed by atoms with E-state index in [1.165, 1.54) is 27.5 Å². The van der Waals surface area contributed by atoms with Crippen molar-refractivity contribution in [2.24, 2.45) is 0 Å². The minimum absolute atomic E-state index is 0.146. The fourth-order valence-corrected chi connectivity index (χ4v) is 3.58. The zero-order valence-electron chi connectivity index (χ0n) is 15.7. The van der Waals surface area contributed by atoms with Gasteiger partial charge in [0, 0.05) is 0 Å². The average molecular weight is 407 g/mol. The molecular formula is C17H21N5O5S. The molecule has 0 aliphatic carbocycles. The number of hydrogen-bond acceptors (Lipinski definition) is 7. The van der Waals surface area contributed by atoms with Crippen molar-refractivity contribution in [3.8, 4) is 17.1 Å². The van der Waals surface area contributed by atoms with Crippen molar-refractivity contribution in [1.29, 1.82) is 0 Å². The molecule has 3 N–H and O–H groups in total. The van der Waals surface area contributed by atoms with Crippen LogP contribution in [-0.2, 0) is 16.4 Å². The van der Waals surface area contributed by atoms with Crippen molar-refractivity contribution in [3.63, 3.8) is 0 Å². The van der Waals surface area contributed by atoms with Crippen LogP contribution in [0, 0.1) is 6.92 Å². The second kappa shape index (κ2) is 7.70. The molecule has 0 fully saturated rings. The van der Waals surface area contributed by atoms with Crippen LogP contribution in [0.3, 0.4) is 0 Å². The fourth-order valence-electron chi connectivity index (χ4n) is 2.95. The Bertz CT molecular complexity index is 1180. The molecule has 2 heterocycles. The Morgan fingerprint density at radius 1 is 1.29 bits per heavy atom. The van der Waals surface area contributed by atoms with Crippen LogP contribution >= 0.6 is 0 Å². The topological polar surface area (TPSA) is 139 Å². The Hall–Kier alpha value is -2.76. The summed E-state index contributed by atoms with van der Waals surface area (Å²) in [7, 11) is -4.11. The van der Waals surface area contributed by atoms with Crippen LogP contribution in [0.1, 0.15) is 31.8 Å². The van der Waals surface area contributed by atoms with Crippen molar-refractivity contribution in [3.05, 3.63) is 40.2 Å². The Balaban J connectivity index is 2.30. The van der Waals surface area contributed by atoms with Crippen LogP contribution in [0.4, 0.5) is 0 Å². The number of aromatic nitrogens is 4. The second-order valence-electron chi connectivity index (χ2n) is 6.09. The third-order valence-corrected chi connectivity index (χ3v) is 5.27. The quantitative estimate of drug-likeness (QED) is 0.503. The third kappa shape index (κ3) is 3.51. The van der Waals surface area contributed by atoms with Gasteiger partial charge in [0.05, 0.1) is 22.8 Å². The molecule has 0 radical (unpaired) electrons. The lowest BCUT2D eigenvalue weighted by molar-refractivity contribution is 0.242. The lowest BCUT2D eigenvalue weighted by Gasteiger charge is -2.12. The predicted octanol–water partition coefficient (Wildman–Crippen LogP) is 1.41. The molecule has 11 heteroatoms. The lowest BCUT2D eigenvalue weighted by Crippen LogP contribution is -2.21. The molecular weight excluding hydrogens is 386 g/mol. The van der Waals surface area contributed by atoms with Gasteiger partial charge in [-0.15, -0.1) is 0 Å². The summed E-state index contributed by atoms with van der Waals surface area (Å²) >= 11 is 0. The van der Waals surface area contributed by atoms with Gasteiger partial charge in [-0.05, 0) is 38.5 Å². The first-order valence-electron chi connectivity index (χ1n) is 8.73. The van der Waals surface area contributed by atoms with E-state index in [1.807, 2.05) is 6.92 Å². The number of H-pyrrole nitrogens is 1. The summed E-state index contributed by atoms with van der Waals surface area (Å²) in [6.07, 6.45) is 1.48. The number of hydrogen-bond donors (Lipinski definition) is 3. The molecule has 3 aromatic rings. The van der Waals surface area contributed by atoms with E-state index in [4.69, 9.17) is 9.94 Å². The molecule has 0 bridgehead atoms. The van der Waals surface area contributed by atoms with Crippen molar-refractivity contribution in [1.82, 2.24) is 24.2 Å². The molecule has 150 valence electrons. The standard InChI is InChI=1S/C17H21N5O5S/c1-4-6-13-16-19-15(20-17(23)22(16)10(3)18-13)12-9-11(28(25,26)21-24)7-8-14(12)27-5-2/h7-9,21,24H,4-6H2,1-3H3,(H,19,20,23). The first kappa shape index (κ1) is 20.0. The molecule has 1 aromatic carbocycles. The number of aromatic amines is 1. The summed E-state index contributed by atoms with van der Waals surface area (Å²) in [5, 5.41) is 8.91. The van der Waals surface area contributed by atoms with Gasteiger partial charge in [0.1, 0.15) is 17.4 Å². The fraction of sp³-hybridized carbons (Fsp3) is 0.353. The number of imidazole rings is 1. The SMILES string of the molecule is CCCc1nc(C)n2c(=O)[nH]c(-c3cc(S(=O)(=O)NO)ccc3OCC)nc12. The maximum absolute atomic E-state index is 12.6. The highest BCUT2D eigenvalue weighted by molar-refractivity contribution is 7.89. The maximum Gasteiger partial charge on any atom is 0.334 e. The number of benzene rings is 1. The number of nitrogens with zero attached hydrogens (tertiary/aromatic N) is 3. The first-order chi connectivity index (χ1) is 13.3. The number of sulfonamides is 1. The van der Waals surface area contributed by atoms with Gasteiger partial charge in [-0.1, -0.05) is 18.2 Å². The summed E-state index contributed by atoms with van der Waals surface area (Å²) < 4.78 is 30.9. The van der Waals surface area contributed by atoms with Gasteiger partial charge in [0.15, 0.2) is 5.65 Å². The zero-order chi connectivity index (χ0) is 20.5. The van der Waals surface area contributed by atoms with Crippen molar-refractivity contribution in [2.45, 2.75) is 38.5 Å². The zero-order valence-corrected chi connectivity index (χ0v) is 16.5. The van der Waals surface area contributed by atoms with Crippen LogP contribution in [0.15, 0.2) is 27.9 Å². The molecule has 0 unspecified atom stereocenters. The Labute approximate surface area is 161 Å². The van der Waals surface area contributed by atoms with E-state index >= 15 is 0 Å². The minimum atomic E-state index is -4.11. The number of rotatable bonds is 7. The van der Waals surface area contributed by atoms with Crippen LogP contribution < -0.4 is 15.3 Å². The highest BCUT2D eigenvalue weighted by Crippen LogP contribution is 2.30. The Morgan fingerprint density at radius 2 is 2.04 bits per heavy atom. The summed E-state index contributed by atoms with van der Waals surface area (Å²) in [5.41, 5.74) is 0.933. The van der Waals surface area contributed by atoms with Gasteiger partial charge in [-0.25, -0.2) is 27.6 Å². The molecule has 28 heavy (non-hydrogen) atoms. The third-order valence-electron chi connectivity index (χ3n) is 4.16. The molecule has 3 rings (SSSR count). The molecule has 0 spiro atoms. The van der Waals surface area contributed by atoms with E-state index in [2.05, 4.69) is 15.0 Å². The molecule has 0 saturated heterocycles. The summed E-state index contributed by atoms with van der Waals surface area (Å²) in [5.74, 6) is 1.01. The van der Waals surface area contributed by atoms with E-state index < -0.39 is 15.7 Å². The van der Waals surface area contributed by atoms with E-state index in [0.717, 1.165) is 6.42 Å². The smallest absolute Gasteiger partial charge is 0.334 e. The molecule has 2 aromatic heterocycles. The van der Waals surface area contributed by atoms with Gasteiger partial charge in [-0.2, -0.15) is 0 Å². The molecule has 0 atom stereocenters. The normalized spacial score (nSPS) is 11.9. The predicted molar refractivity (Wildman–Crippen MR) is 101 cm³/mol. The van der Waals surface area contributed by atoms with Crippen LogP contribution in [0.2, 0.25) is 0 Å². The van der Waals surface area contributed by atoms with Crippen LogP contribution in [-0.4, -0.2) is 39.6 Å². The van der Waals surface area contributed by atoms with Crippen molar-refractivity contribution < 1.29 is 18.4 Å². The van der Waals surface area contributed by atoms with E-state index in [1.54, 1.807) is 13.8 Å².